The Hall–Kier alpha value is -2.37. The van der Waals surface area contributed by atoms with Crippen LogP contribution in [0.2, 0.25) is 0 Å². The number of hydrogen-bond acceptors (Lipinski definition) is 8. The highest BCUT2D eigenvalue weighted by Gasteiger charge is 2.19. The van der Waals surface area contributed by atoms with Crippen molar-refractivity contribution in [2.75, 3.05) is 23.8 Å². The van der Waals surface area contributed by atoms with E-state index in [0.29, 0.717) is 16.7 Å². The Morgan fingerprint density at radius 3 is 3.07 bits per heavy atom. The van der Waals surface area contributed by atoms with Gasteiger partial charge in [0.25, 0.3) is 0 Å². The van der Waals surface area contributed by atoms with Crippen molar-refractivity contribution in [1.29, 1.82) is 0 Å². The molecule has 0 unspecified atom stereocenters. The Labute approximate surface area is 168 Å². The fourth-order valence-corrected chi connectivity index (χ4v) is 4.80. The number of carbonyl (C=O) groups excluding carboxylic acids is 1. The van der Waals surface area contributed by atoms with Crippen LogP contribution in [-0.4, -0.2) is 50.6 Å². The number of carbonyl (C=O) groups is 1. The lowest BCUT2D eigenvalue weighted by Gasteiger charge is -2.10. The molecule has 1 aliphatic heterocycles. The topological polar surface area (TPSA) is 125 Å². The van der Waals surface area contributed by atoms with Crippen LogP contribution in [0.3, 0.4) is 0 Å². The van der Waals surface area contributed by atoms with E-state index in [1.807, 2.05) is 6.92 Å². The van der Waals surface area contributed by atoms with E-state index in [2.05, 4.69) is 30.8 Å². The van der Waals surface area contributed by atoms with Crippen LogP contribution in [0.15, 0.2) is 27.3 Å². The molecule has 1 aliphatic rings. The molecule has 3 aromatic rings. The molecule has 9 nitrogen and oxygen atoms in total. The van der Waals surface area contributed by atoms with E-state index >= 15 is 0 Å². The van der Waals surface area contributed by atoms with Crippen LogP contribution >= 0.6 is 23.1 Å². The van der Waals surface area contributed by atoms with Crippen molar-refractivity contribution in [2.45, 2.75) is 35.5 Å². The van der Waals surface area contributed by atoms with Crippen LogP contribution in [0.25, 0.3) is 11.0 Å². The normalized spacial score (nSPS) is 17.7. The molecule has 0 radical (unpaired) electrons. The van der Waals surface area contributed by atoms with Crippen molar-refractivity contribution < 1.29 is 9.53 Å². The summed E-state index contributed by atoms with van der Waals surface area (Å²) in [6.45, 7) is 3.36. The molecule has 1 saturated heterocycles. The van der Waals surface area contributed by atoms with E-state index in [1.54, 1.807) is 18.2 Å². The van der Waals surface area contributed by atoms with Gasteiger partial charge in [-0.2, -0.15) is 0 Å². The molecule has 148 valence electrons. The fourth-order valence-electron chi connectivity index (χ4n) is 2.89. The number of aromatic amines is 2. The Kier molecular flexibility index (Phi) is 5.64. The molecule has 4 N–H and O–H groups in total. The highest BCUT2D eigenvalue weighted by Crippen LogP contribution is 2.30. The summed E-state index contributed by atoms with van der Waals surface area (Å²) in [4.78, 5) is 29.2. The number of nitrogens with one attached hydrogen (secondary N) is 4. The molecule has 3 heterocycles. The third kappa shape index (κ3) is 4.54. The number of benzene rings is 1. The number of ether oxygens (including phenoxy) is 1. The van der Waals surface area contributed by atoms with Gasteiger partial charge in [-0.15, -0.1) is 10.2 Å². The number of nitrogens with zero attached hydrogens (tertiary/aromatic N) is 2. The third-order valence-corrected chi connectivity index (χ3v) is 6.41. The van der Waals surface area contributed by atoms with Gasteiger partial charge in [0.15, 0.2) is 4.34 Å². The van der Waals surface area contributed by atoms with Gasteiger partial charge < -0.3 is 25.3 Å². The standard InChI is InChI=1S/C17H20N6O3S2/c1-9(14(24)19-10-4-5-12-13(7-10)21-15(25)20-12)27-17-23-22-16(28-17)18-8-11-3-2-6-26-11/h4-5,7,9,11H,2-3,6,8H2,1H3,(H,18,22)(H,19,24)(H2,20,21,25)/t9-,11-/m0/s1. The second kappa shape index (κ2) is 8.33. The van der Waals surface area contributed by atoms with E-state index in [9.17, 15) is 9.59 Å². The Morgan fingerprint density at radius 2 is 2.25 bits per heavy atom. The largest absolute Gasteiger partial charge is 0.376 e. The number of thioether (sulfide) groups is 1. The highest BCUT2D eigenvalue weighted by atomic mass is 32.2. The first kappa shape index (κ1) is 19.0. The molecule has 1 amide bonds. The predicted molar refractivity (Wildman–Crippen MR) is 110 cm³/mol. The van der Waals surface area contributed by atoms with Crippen LogP contribution in [0.5, 0.6) is 0 Å². The molecule has 0 aliphatic carbocycles. The first-order valence-electron chi connectivity index (χ1n) is 8.95. The minimum absolute atomic E-state index is 0.147. The zero-order valence-electron chi connectivity index (χ0n) is 15.2. The van der Waals surface area contributed by atoms with E-state index in [0.717, 1.165) is 35.5 Å². The summed E-state index contributed by atoms with van der Waals surface area (Å²) in [5, 5.41) is 14.7. The minimum Gasteiger partial charge on any atom is -0.376 e. The lowest BCUT2D eigenvalue weighted by atomic mass is 10.2. The van der Waals surface area contributed by atoms with Crippen LogP contribution in [0.4, 0.5) is 10.8 Å². The van der Waals surface area contributed by atoms with Crippen LogP contribution in [0, 0.1) is 0 Å². The van der Waals surface area contributed by atoms with Crippen molar-refractivity contribution in [3.8, 4) is 0 Å². The number of amides is 1. The monoisotopic (exact) mass is 420 g/mol. The van der Waals surface area contributed by atoms with Gasteiger partial charge in [-0.05, 0) is 38.0 Å². The first-order valence-corrected chi connectivity index (χ1v) is 10.6. The molecular formula is C17H20N6O3S2. The molecule has 28 heavy (non-hydrogen) atoms. The summed E-state index contributed by atoms with van der Waals surface area (Å²) in [7, 11) is 0. The van der Waals surface area contributed by atoms with Gasteiger partial charge in [0.2, 0.25) is 11.0 Å². The minimum atomic E-state index is -0.347. The summed E-state index contributed by atoms with van der Waals surface area (Å²) in [6, 6.07) is 5.22. The third-order valence-electron chi connectivity index (χ3n) is 4.34. The first-order chi connectivity index (χ1) is 13.6. The second-order valence-electron chi connectivity index (χ2n) is 6.48. The van der Waals surface area contributed by atoms with Gasteiger partial charge in [-0.1, -0.05) is 23.1 Å². The Morgan fingerprint density at radius 1 is 1.39 bits per heavy atom. The molecule has 2 aromatic heterocycles. The van der Waals surface area contributed by atoms with Gasteiger partial charge in [0.1, 0.15) is 0 Å². The van der Waals surface area contributed by atoms with E-state index in [4.69, 9.17) is 4.74 Å². The number of aromatic nitrogens is 4. The molecule has 1 fully saturated rings. The number of H-pyrrole nitrogens is 2. The van der Waals surface area contributed by atoms with Gasteiger partial charge >= 0.3 is 5.69 Å². The van der Waals surface area contributed by atoms with Gasteiger partial charge in [0.05, 0.1) is 22.4 Å². The fraction of sp³-hybridized carbons (Fsp3) is 0.412. The molecule has 4 rings (SSSR count). The molecule has 11 heteroatoms. The molecule has 0 saturated carbocycles. The maximum atomic E-state index is 12.5. The van der Waals surface area contributed by atoms with Crippen LogP contribution in [0.1, 0.15) is 19.8 Å². The smallest absolute Gasteiger partial charge is 0.323 e. The number of anilines is 2. The molecule has 2 atom stereocenters. The highest BCUT2D eigenvalue weighted by molar-refractivity contribution is 8.02. The van der Waals surface area contributed by atoms with Gasteiger partial charge in [0, 0.05) is 18.8 Å². The van der Waals surface area contributed by atoms with Crippen LogP contribution in [-0.2, 0) is 9.53 Å². The molecular weight excluding hydrogens is 400 g/mol. The Balaban J connectivity index is 1.31. The summed E-state index contributed by atoms with van der Waals surface area (Å²) in [6.07, 6.45) is 2.40. The average Bonchev–Trinajstić information content (AvgIpc) is 3.39. The lowest BCUT2D eigenvalue weighted by Crippen LogP contribution is -2.22. The van der Waals surface area contributed by atoms with Crippen molar-refractivity contribution in [1.82, 2.24) is 20.2 Å². The van der Waals surface area contributed by atoms with E-state index in [1.165, 1.54) is 23.1 Å². The zero-order chi connectivity index (χ0) is 19.5. The predicted octanol–water partition coefficient (Wildman–Crippen LogP) is 2.42. The SMILES string of the molecule is C[C@H](Sc1nnc(NC[C@@H]2CCCO2)s1)C(=O)Nc1ccc2[nH]c(=O)[nH]c2c1. The van der Waals surface area contributed by atoms with Gasteiger partial charge in [-0.3, -0.25) is 4.79 Å². The lowest BCUT2D eigenvalue weighted by molar-refractivity contribution is -0.115. The number of fused-ring (bicyclic) bond motifs is 1. The molecule has 1 aromatic carbocycles. The van der Waals surface area contributed by atoms with E-state index < -0.39 is 0 Å². The van der Waals surface area contributed by atoms with Crippen molar-refractivity contribution in [2.24, 2.45) is 0 Å². The second-order valence-corrected chi connectivity index (χ2v) is 9.04. The number of rotatable bonds is 7. The summed E-state index contributed by atoms with van der Waals surface area (Å²) in [5.74, 6) is -0.147. The van der Waals surface area contributed by atoms with Crippen molar-refractivity contribution in [3.05, 3.63) is 28.7 Å². The summed E-state index contributed by atoms with van der Waals surface area (Å²) >= 11 is 2.78. The van der Waals surface area contributed by atoms with E-state index in [-0.39, 0.29) is 23.0 Å². The zero-order valence-corrected chi connectivity index (χ0v) is 16.8. The van der Waals surface area contributed by atoms with Crippen LogP contribution < -0.4 is 16.3 Å². The van der Waals surface area contributed by atoms with Crippen molar-refractivity contribution >= 4 is 50.9 Å². The summed E-state index contributed by atoms with van der Waals surface area (Å²) < 4.78 is 6.30. The Bertz CT molecular complexity index is 1020. The quantitative estimate of drug-likeness (QED) is 0.433. The molecule has 0 spiro atoms. The van der Waals surface area contributed by atoms with Crippen molar-refractivity contribution in [3.63, 3.8) is 0 Å². The number of hydrogen-bond donors (Lipinski definition) is 4. The average molecular weight is 421 g/mol. The van der Waals surface area contributed by atoms with Gasteiger partial charge in [-0.25, -0.2) is 4.79 Å². The maximum absolute atomic E-state index is 12.5. The summed E-state index contributed by atoms with van der Waals surface area (Å²) in [5.41, 5.74) is 1.69. The maximum Gasteiger partial charge on any atom is 0.323 e. The number of imidazole rings is 1. The molecule has 0 bridgehead atoms.